The van der Waals surface area contributed by atoms with Gasteiger partial charge in [-0.2, -0.15) is 0 Å². The van der Waals surface area contributed by atoms with Gasteiger partial charge < -0.3 is 53.9 Å². The summed E-state index contributed by atoms with van der Waals surface area (Å²) >= 11 is 0. The fourth-order valence-electron chi connectivity index (χ4n) is 12.3. The lowest BCUT2D eigenvalue weighted by Gasteiger charge is -2.51. The summed E-state index contributed by atoms with van der Waals surface area (Å²) in [4.78, 5) is 69.4. The first-order valence-corrected chi connectivity index (χ1v) is 26.5. The Morgan fingerprint density at radius 3 is 2.18 bits per heavy atom. The van der Waals surface area contributed by atoms with Crippen molar-refractivity contribution in [2.75, 3.05) is 92.8 Å². The maximum absolute atomic E-state index is 14.0. The molecule has 19 nitrogen and oxygen atoms in total. The van der Waals surface area contributed by atoms with Gasteiger partial charge in [0.25, 0.3) is 23.6 Å². The number of nitrogens with one attached hydrogen (secondary N) is 3. The summed E-state index contributed by atoms with van der Waals surface area (Å²) in [5.41, 5.74) is 5.71. The molecule has 9 heterocycles. The van der Waals surface area contributed by atoms with Gasteiger partial charge in [0.2, 0.25) is 5.82 Å². The summed E-state index contributed by atoms with van der Waals surface area (Å²) in [6.07, 6.45) is 6.22. The predicted octanol–water partition coefficient (Wildman–Crippen LogP) is 5.26. The Hall–Kier alpha value is -7.77. The van der Waals surface area contributed by atoms with E-state index in [1.54, 1.807) is 30.0 Å². The molecular weight excluding hydrogens is 967 g/mol. The van der Waals surface area contributed by atoms with Crippen LogP contribution in [0.15, 0.2) is 108 Å². The first-order valence-electron chi connectivity index (χ1n) is 26.5. The lowest BCUT2D eigenvalue weighted by atomic mass is 9.68. The SMILES string of the molecule is CN1C(=O)[C@H](NC(=O)c2cc(Cc3ccccc3)on2)COc2ccc(N3CCN4CCC3C(C3CC5(CCO3)CCN(c3ccc6c(c3)OC[C@@H](NC(=O)c3n[nH]c(Cc7ccccc7)n3)C(=O)N6C)CC5)C4)cc21. The number of ether oxygens (including phenoxy) is 3. The summed E-state index contributed by atoms with van der Waals surface area (Å²) < 4.78 is 24.8. The standard InChI is InChI=1S/C57H63N11O8/c1-64-46-15-13-38(30-49(46)75-35-44(55(64)71)59-54(70)52-60-51(61-62-52)28-37-11-7-4-8-12-37)67-22-18-57(19-23-67)20-26-73-50(32-57)41-33-66-21-17-45(41)68(25-24-66)39-14-16-48-47(29-39)65(2)56(72)43(34-74-48)58-53(69)42-31-40(76-63-42)27-36-9-5-3-6-10-36/h3-16,29-31,41,43-45,50H,17-28,32-35H2,1-2H3,(H,58,69)(H,59,70)(H,60,61,62)/t41?,43-,44-,45?,50?/m1/s1. The molecule has 13 rings (SSSR count). The molecule has 3 N–H and O–H groups in total. The van der Waals surface area contributed by atoms with E-state index in [0.717, 1.165) is 100 Å². The zero-order valence-electron chi connectivity index (χ0n) is 42.9. The third-order valence-electron chi connectivity index (χ3n) is 16.6. The first-order chi connectivity index (χ1) is 37.0. The molecule has 5 saturated heterocycles. The molecule has 6 atom stereocenters. The van der Waals surface area contributed by atoms with Crippen LogP contribution in [0, 0.1) is 11.3 Å². The van der Waals surface area contributed by atoms with E-state index in [9.17, 15) is 19.2 Å². The van der Waals surface area contributed by atoms with Crippen molar-refractivity contribution in [3.8, 4) is 11.5 Å². The molecule has 7 aliphatic heterocycles. The quantitative estimate of drug-likeness (QED) is 0.152. The minimum absolute atomic E-state index is 0.0220. The Morgan fingerprint density at radius 2 is 1.42 bits per heavy atom. The minimum Gasteiger partial charge on any atom is -0.489 e. The normalized spacial score (nSPS) is 24.1. The number of H-pyrrole nitrogens is 1. The second kappa shape index (κ2) is 20.7. The number of anilines is 4. The number of hydrogen-bond acceptors (Lipinski definition) is 14. The Labute approximate surface area is 440 Å². The molecule has 4 aromatic carbocycles. The number of hydrogen-bond donors (Lipinski definition) is 3. The van der Waals surface area contributed by atoms with Crippen LogP contribution in [0.4, 0.5) is 22.7 Å². The molecule has 19 heteroatoms. The van der Waals surface area contributed by atoms with Crippen LogP contribution in [0.1, 0.15) is 75.9 Å². The highest BCUT2D eigenvalue weighted by Gasteiger charge is 2.48. The molecular formula is C57H63N11O8. The fourth-order valence-corrected chi connectivity index (χ4v) is 12.3. The van der Waals surface area contributed by atoms with Gasteiger partial charge in [0.15, 0.2) is 5.69 Å². The zero-order valence-corrected chi connectivity index (χ0v) is 42.9. The van der Waals surface area contributed by atoms with E-state index in [1.807, 2.05) is 78.9 Å². The Balaban J connectivity index is 0.669. The van der Waals surface area contributed by atoms with Gasteiger partial charge in [0.1, 0.15) is 48.4 Å². The number of carbonyl (C=O) groups excluding carboxylic acids is 4. The van der Waals surface area contributed by atoms with Crippen molar-refractivity contribution >= 4 is 46.4 Å². The Kier molecular flexibility index (Phi) is 13.4. The Morgan fingerprint density at radius 1 is 0.724 bits per heavy atom. The smallest absolute Gasteiger partial charge is 0.291 e. The molecule has 2 bridgehead atoms. The molecule has 76 heavy (non-hydrogen) atoms. The molecule has 4 amide bonds. The molecule has 0 aliphatic carbocycles. The van der Waals surface area contributed by atoms with Crippen molar-refractivity contribution in [2.45, 2.75) is 69.2 Å². The number of likely N-dealkylation sites (N-methyl/N-ethyl adjacent to an activating group) is 2. The Bertz CT molecular complexity index is 3100. The fraction of sp³-hybridized carbons (Fsp3) is 0.421. The number of piperidine rings is 2. The zero-order chi connectivity index (χ0) is 51.9. The van der Waals surface area contributed by atoms with E-state index in [1.165, 1.54) is 0 Å². The molecule has 4 unspecified atom stereocenters. The maximum atomic E-state index is 14.0. The van der Waals surface area contributed by atoms with Crippen molar-refractivity contribution in [3.05, 3.63) is 137 Å². The van der Waals surface area contributed by atoms with Crippen LogP contribution in [-0.4, -0.2) is 146 Å². The van der Waals surface area contributed by atoms with Crippen molar-refractivity contribution < 1.29 is 37.9 Å². The van der Waals surface area contributed by atoms with Crippen LogP contribution in [0.5, 0.6) is 11.5 Å². The van der Waals surface area contributed by atoms with E-state index in [4.69, 9.17) is 18.7 Å². The second-order valence-electron chi connectivity index (χ2n) is 21.2. The monoisotopic (exact) mass is 1030 g/mol. The summed E-state index contributed by atoms with van der Waals surface area (Å²) in [5, 5.41) is 16.6. The number of aromatic amines is 1. The highest BCUT2D eigenvalue weighted by Crippen LogP contribution is 2.48. The number of benzene rings is 4. The van der Waals surface area contributed by atoms with Crippen LogP contribution >= 0.6 is 0 Å². The van der Waals surface area contributed by atoms with E-state index in [2.05, 4.69) is 63.9 Å². The summed E-state index contributed by atoms with van der Waals surface area (Å²) in [6.45, 7) is 6.26. The van der Waals surface area contributed by atoms with Gasteiger partial charge in [-0.25, -0.2) is 4.98 Å². The third-order valence-corrected chi connectivity index (χ3v) is 16.6. The molecule has 1 spiro atoms. The molecule has 7 aliphatic rings. The number of fused-ring (bicyclic) bond motifs is 6. The van der Waals surface area contributed by atoms with Crippen LogP contribution in [0.2, 0.25) is 0 Å². The van der Waals surface area contributed by atoms with Crippen LogP contribution in [0.25, 0.3) is 0 Å². The highest BCUT2D eigenvalue weighted by molar-refractivity contribution is 6.04. The number of rotatable bonds is 11. The molecule has 0 saturated carbocycles. The number of carbonyl (C=O) groups is 4. The van der Waals surface area contributed by atoms with Crippen molar-refractivity contribution in [1.82, 2.24) is 35.9 Å². The lowest BCUT2D eigenvalue weighted by Crippen LogP contribution is -2.54. The van der Waals surface area contributed by atoms with Gasteiger partial charge in [0, 0.05) is 108 Å². The number of amides is 4. The van der Waals surface area contributed by atoms with Crippen LogP contribution < -0.4 is 39.7 Å². The molecule has 394 valence electrons. The van der Waals surface area contributed by atoms with Crippen LogP contribution in [0.3, 0.4) is 0 Å². The molecule has 0 radical (unpaired) electrons. The van der Waals surface area contributed by atoms with E-state index in [-0.39, 0.29) is 54.1 Å². The number of nitrogens with zero attached hydrogens (tertiary/aromatic N) is 8. The van der Waals surface area contributed by atoms with E-state index in [0.29, 0.717) is 53.2 Å². The van der Waals surface area contributed by atoms with Crippen LogP contribution in [-0.2, 0) is 27.2 Å². The van der Waals surface area contributed by atoms with E-state index >= 15 is 0 Å². The molecule has 6 aromatic rings. The first kappa shape index (κ1) is 49.1. The minimum atomic E-state index is -0.930. The number of aromatic nitrogens is 4. The van der Waals surface area contributed by atoms with Gasteiger partial charge in [-0.1, -0.05) is 65.8 Å². The van der Waals surface area contributed by atoms with Gasteiger partial charge in [-0.3, -0.25) is 24.3 Å². The average molecular weight is 1030 g/mol. The molecule has 5 fully saturated rings. The summed E-state index contributed by atoms with van der Waals surface area (Å²) in [7, 11) is 3.44. The largest absolute Gasteiger partial charge is 0.489 e. The topological polar surface area (TPSA) is 204 Å². The summed E-state index contributed by atoms with van der Waals surface area (Å²) in [6, 6.07) is 31.7. The van der Waals surface area contributed by atoms with Crippen molar-refractivity contribution in [1.29, 1.82) is 0 Å². The van der Waals surface area contributed by atoms with Gasteiger partial charge in [0.05, 0.1) is 17.5 Å². The second-order valence-corrected chi connectivity index (χ2v) is 21.2. The van der Waals surface area contributed by atoms with E-state index < -0.39 is 23.9 Å². The third kappa shape index (κ3) is 9.96. The summed E-state index contributed by atoms with van der Waals surface area (Å²) in [5.74, 6) is 0.921. The van der Waals surface area contributed by atoms with Gasteiger partial charge in [-0.05, 0) is 79.0 Å². The highest BCUT2D eigenvalue weighted by atomic mass is 16.5. The lowest BCUT2D eigenvalue weighted by molar-refractivity contribution is -0.121. The maximum Gasteiger partial charge on any atom is 0.291 e. The van der Waals surface area contributed by atoms with Crippen molar-refractivity contribution in [3.63, 3.8) is 0 Å². The van der Waals surface area contributed by atoms with Gasteiger partial charge in [-0.15, -0.1) is 5.10 Å². The van der Waals surface area contributed by atoms with Gasteiger partial charge >= 0.3 is 0 Å². The average Bonchev–Trinajstić information content (AvgIpc) is 3.97. The predicted molar refractivity (Wildman–Crippen MR) is 283 cm³/mol. The molecule has 2 aromatic heterocycles. The van der Waals surface area contributed by atoms with Crippen molar-refractivity contribution in [2.24, 2.45) is 11.3 Å².